The van der Waals surface area contributed by atoms with Crippen molar-refractivity contribution in [2.75, 3.05) is 26.2 Å². The minimum absolute atomic E-state index is 0.0653. The highest BCUT2D eigenvalue weighted by Crippen LogP contribution is 2.36. The second-order valence-electron chi connectivity index (χ2n) is 6.34. The fourth-order valence-electron chi connectivity index (χ4n) is 3.21. The molecule has 2 aromatic carbocycles. The molecule has 1 aliphatic heterocycles. The van der Waals surface area contributed by atoms with Gasteiger partial charge in [0.25, 0.3) is 11.8 Å². The Hall–Kier alpha value is -2.08. The molecule has 3 aromatic rings. The summed E-state index contributed by atoms with van der Waals surface area (Å²) in [5.74, 6) is -0.138. The van der Waals surface area contributed by atoms with Gasteiger partial charge < -0.3 is 9.80 Å². The van der Waals surface area contributed by atoms with Crippen LogP contribution in [0.1, 0.15) is 20.0 Å². The first-order valence-corrected chi connectivity index (χ1v) is 10.1. The van der Waals surface area contributed by atoms with Gasteiger partial charge in [-0.3, -0.25) is 9.59 Å². The fourth-order valence-corrected chi connectivity index (χ4v) is 4.88. The molecule has 0 saturated carbocycles. The number of hydrogen-bond acceptors (Lipinski definition) is 3. The molecule has 2 amide bonds. The van der Waals surface area contributed by atoms with Crippen molar-refractivity contribution in [1.82, 2.24) is 9.80 Å². The van der Waals surface area contributed by atoms with E-state index in [0.29, 0.717) is 46.7 Å². The summed E-state index contributed by atoms with van der Waals surface area (Å²) >= 11 is 13.8. The summed E-state index contributed by atoms with van der Waals surface area (Å²) in [5, 5.41) is 1.95. The molecule has 1 saturated heterocycles. The smallest absolute Gasteiger partial charge is 0.265 e. The first kappa shape index (κ1) is 18.3. The lowest BCUT2D eigenvalue weighted by molar-refractivity contribution is 0.0538. The highest BCUT2D eigenvalue weighted by Gasteiger charge is 2.28. The number of rotatable bonds is 2. The zero-order valence-corrected chi connectivity index (χ0v) is 16.7. The molecule has 4 rings (SSSR count). The molecule has 0 bridgehead atoms. The van der Waals surface area contributed by atoms with E-state index in [4.69, 9.17) is 23.2 Å². The molecular weight excluding hydrogens is 403 g/mol. The van der Waals surface area contributed by atoms with Gasteiger partial charge in [-0.2, -0.15) is 0 Å². The Labute approximate surface area is 170 Å². The zero-order chi connectivity index (χ0) is 19.0. The summed E-state index contributed by atoms with van der Waals surface area (Å²) in [7, 11) is 0. The Balaban J connectivity index is 1.46. The first-order chi connectivity index (χ1) is 13.0. The second kappa shape index (κ2) is 7.50. The highest BCUT2D eigenvalue weighted by molar-refractivity contribution is 7.21. The van der Waals surface area contributed by atoms with E-state index >= 15 is 0 Å². The maximum atomic E-state index is 12.9. The van der Waals surface area contributed by atoms with E-state index in [2.05, 4.69) is 0 Å². The number of halogens is 2. The number of carbonyl (C=O) groups is 2. The van der Waals surface area contributed by atoms with Crippen LogP contribution in [0.2, 0.25) is 10.0 Å². The molecule has 1 fully saturated rings. The molecule has 0 unspecified atom stereocenters. The Kier molecular flexibility index (Phi) is 5.08. The van der Waals surface area contributed by atoms with E-state index in [9.17, 15) is 9.59 Å². The summed E-state index contributed by atoms with van der Waals surface area (Å²) in [6, 6.07) is 14.7. The monoisotopic (exact) mass is 418 g/mol. The van der Waals surface area contributed by atoms with Crippen LogP contribution >= 0.6 is 34.5 Å². The lowest BCUT2D eigenvalue weighted by Crippen LogP contribution is -2.50. The van der Waals surface area contributed by atoms with Gasteiger partial charge in [0, 0.05) is 46.9 Å². The van der Waals surface area contributed by atoms with Gasteiger partial charge in [-0.25, -0.2) is 0 Å². The molecule has 0 radical (unpaired) electrons. The number of hydrogen-bond donors (Lipinski definition) is 0. The average Bonchev–Trinajstić information content (AvgIpc) is 3.04. The van der Waals surface area contributed by atoms with Crippen molar-refractivity contribution in [3.63, 3.8) is 0 Å². The van der Waals surface area contributed by atoms with E-state index in [1.54, 1.807) is 34.1 Å². The lowest BCUT2D eigenvalue weighted by atomic mass is 10.2. The van der Waals surface area contributed by atoms with Crippen molar-refractivity contribution in [2.24, 2.45) is 0 Å². The standard InChI is InChI=1S/C20H16Cl2N2O2S/c21-14-5-3-4-13(12-14)19(25)23-8-10-24(11-9-23)20(26)18-17(22)15-6-1-2-7-16(15)27-18/h1-7,12H,8-11H2. The molecule has 0 N–H and O–H groups in total. The molecule has 27 heavy (non-hydrogen) atoms. The van der Waals surface area contributed by atoms with Crippen LogP contribution in [0, 0.1) is 0 Å². The Bertz CT molecular complexity index is 1030. The molecule has 2 heterocycles. The number of nitrogens with zero attached hydrogens (tertiary/aromatic N) is 2. The van der Waals surface area contributed by atoms with Gasteiger partial charge in [-0.05, 0) is 24.3 Å². The summed E-state index contributed by atoms with van der Waals surface area (Å²) < 4.78 is 1.00. The van der Waals surface area contributed by atoms with Gasteiger partial charge in [0.05, 0.1) is 5.02 Å². The van der Waals surface area contributed by atoms with E-state index in [1.165, 1.54) is 11.3 Å². The topological polar surface area (TPSA) is 40.6 Å². The normalized spacial score (nSPS) is 14.6. The zero-order valence-electron chi connectivity index (χ0n) is 14.3. The number of carbonyl (C=O) groups excluding carboxylic acids is 2. The lowest BCUT2D eigenvalue weighted by Gasteiger charge is -2.34. The molecule has 1 aliphatic rings. The third-order valence-corrected chi connectivity index (χ3v) is 6.55. The van der Waals surface area contributed by atoms with Crippen LogP contribution in [-0.2, 0) is 0 Å². The first-order valence-electron chi connectivity index (χ1n) is 8.56. The minimum Gasteiger partial charge on any atom is -0.335 e. The van der Waals surface area contributed by atoms with Gasteiger partial charge in [-0.1, -0.05) is 47.5 Å². The third kappa shape index (κ3) is 3.55. The van der Waals surface area contributed by atoms with Gasteiger partial charge in [0.2, 0.25) is 0 Å². The van der Waals surface area contributed by atoms with Crippen molar-refractivity contribution >= 4 is 56.4 Å². The van der Waals surface area contributed by atoms with Crippen LogP contribution in [-0.4, -0.2) is 47.8 Å². The number of piperazine rings is 1. The predicted molar refractivity (Wildman–Crippen MR) is 110 cm³/mol. The van der Waals surface area contributed by atoms with E-state index in [-0.39, 0.29) is 11.8 Å². The van der Waals surface area contributed by atoms with Gasteiger partial charge >= 0.3 is 0 Å². The molecule has 138 valence electrons. The Morgan fingerprint density at radius 3 is 2.19 bits per heavy atom. The average molecular weight is 419 g/mol. The largest absolute Gasteiger partial charge is 0.335 e. The molecule has 1 aromatic heterocycles. The molecule has 7 heteroatoms. The van der Waals surface area contributed by atoms with Gasteiger partial charge in [-0.15, -0.1) is 11.3 Å². The van der Waals surface area contributed by atoms with Gasteiger partial charge in [0.1, 0.15) is 4.88 Å². The van der Waals surface area contributed by atoms with Crippen molar-refractivity contribution in [2.45, 2.75) is 0 Å². The van der Waals surface area contributed by atoms with Crippen molar-refractivity contribution in [3.05, 3.63) is 69.0 Å². The van der Waals surface area contributed by atoms with E-state index in [0.717, 1.165) is 10.1 Å². The minimum atomic E-state index is -0.0731. The molecule has 0 aliphatic carbocycles. The Morgan fingerprint density at radius 2 is 1.52 bits per heavy atom. The van der Waals surface area contributed by atoms with Crippen LogP contribution < -0.4 is 0 Å². The van der Waals surface area contributed by atoms with Crippen LogP contribution in [0.25, 0.3) is 10.1 Å². The van der Waals surface area contributed by atoms with Crippen LogP contribution in [0.5, 0.6) is 0 Å². The highest BCUT2D eigenvalue weighted by atomic mass is 35.5. The van der Waals surface area contributed by atoms with E-state index in [1.807, 2.05) is 24.3 Å². The second-order valence-corrected chi connectivity index (χ2v) is 8.20. The van der Waals surface area contributed by atoms with Crippen LogP contribution in [0.3, 0.4) is 0 Å². The maximum Gasteiger partial charge on any atom is 0.265 e. The predicted octanol–water partition coefficient (Wildman–Crippen LogP) is 4.81. The molecule has 0 atom stereocenters. The third-order valence-electron chi connectivity index (χ3n) is 4.65. The van der Waals surface area contributed by atoms with E-state index < -0.39 is 0 Å². The van der Waals surface area contributed by atoms with Crippen molar-refractivity contribution < 1.29 is 9.59 Å². The van der Waals surface area contributed by atoms with Crippen molar-refractivity contribution in [3.8, 4) is 0 Å². The van der Waals surface area contributed by atoms with Gasteiger partial charge in [0.15, 0.2) is 0 Å². The SMILES string of the molecule is O=C(c1cccc(Cl)c1)N1CCN(C(=O)c2sc3ccccc3c2Cl)CC1. The summed E-state index contributed by atoms with van der Waals surface area (Å²) in [4.78, 5) is 29.6. The van der Waals surface area contributed by atoms with Crippen molar-refractivity contribution in [1.29, 1.82) is 0 Å². The molecule has 4 nitrogen and oxygen atoms in total. The maximum absolute atomic E-state index is 12.9. The quantitative estimate of drug-likeness (QED) is 0.599. The van der Waals surface area contributed by atoms with Crippen LogP contribution in [0.15, 0.2) is 48.5 Å². The molecule has 0 spiro atoms. The number of fused-ring (bicyclic) bond motifs is 1. The summed E-state index contributed by atoms with van der Waals surface area (Å²) in [6.45, 7) is 1.94. The number of amides is 2. The summed E-state index contributed by atoms with van der Waals surface area (Å²) in [5.41, 5.74) is 0.565. The summed E-state index contributed by atoms with van der Waals surface area (Å²) in [6.07, 6.45) is 0. The molecular formula is C20H16Cl2N2O2S. The fraction of sp³-hybridized carbons (Fsp3) is 0.200. The van der Waals surface area contributed by atoms with Crippen LogP contribution in [0.4, 0.5) is 0 Å². The Morgan fingerprint density at radius 1 is 0.852 bits per heavy atom. The number of thiophene rings is 1. The number of benzene rings is 2.